The molecule has 1 aromatic heterocycles. The zero-order valence-corrected chi connectivity index (χ0v) is 18.1. The number of nitrogens with zero attached hydrogens (tertiary/aromatic N) is 4. The van der Waals surface area contributed by atoms with Crippen molar-refractivity contribution in [2.75, 3.05) is 39.3 Å². The normalized spacial score (nSPS) is 21.6. The van der Waals surface area contributed by atoms with Gasteiger partial charge in [-0.1, -0.05) is 25.4 Å². The lowest BCUT2D eigenvalue weighted by Crippen LogP contribution is -2.41. The molecule has 28 heavy (non-hydrogen) atoms. The minimum atomic E-state index is 0.490. The molecule has 1 aromatic rings. The van der Waals surface area contributed by atoms with Crippen LogP contribution in [0.15, 0.2) is 15.6 Å². The van der Waals surface area contributed by atoms with E-state index < -0.39 is 0 Å². The lowest BCUT2D eigenvalue weighted by atomic mass is 9.99. The van der Waals surface area contributed by atoms with Crippen LogP contribution in [0.1, 0.15) is 76.7 Å². The number of likely N-dealkylation sites (tertiary alicyclic amines) is 2. The van der Waals surface area contributed by atoms with Crippen LogP contribution in [0.25, 0.3) is 0 Å². The molecule has 0 amide bonds. The Kier molecular flexibility index (Phi) is 8.19. The van der Waals surface area contributed by atoms with Gasteiger partial charge in [-0.25, -0.2) is 4.99 Å². The third-order valence-electron chi connectivity index (χ3n) is 6.25. The van der Waals surface area contributed by atoms with Gasteiger partial charge >= 0.3 is 0 Å². The number of guanidine groups is 1. The molecule has 0 aliphatic carbocycles. The van der Waals surface area contributed by atoms with E-state index in [1.54, 1.807) is 0 Å². The molecule has 0 radical (unpaired) electrons. The highest BCUT2D eigenvalue weighted by Crippen LogP contribution is 2.23. The van der Waals surface area contributed by atoms with E-state index >= 15 is 0 Å². The number of hydrogen-bond acceptors (Lipinski definition) is 4. The number of aromatic nitrogens is 1. The molecule has 0 saturated carbocycles. The van der Waals surface area contributed by atoms with Gasteiger partial charge in [-0.3, -0.25) is 0 Å². The number of rotatable bonds is 8. The average Bonchev–Trinajstić information content (AvgIpc) is 3.37. The summed E-state index contributed by atoms with van der Waals surface area (Å²) in [6.07, 6.45) is 7.61. The van der Waals surface area contributed by atoms with Gasteiger partial charge < -0.3 is 19.6 Å². The Morgan fingerprint density at radius 2 is 2.00 bits per heavy atom. The topological polar surface area (TPSA) is 56.9 Å². The zero-order chi connectivity index (χ0) is 19.8. The summed E-state index contributed by atoms with van der Waals surface area (Å²) in [5.41, 5.74) is 1.07. The van der Waals surface area contributed by atoms with Gasteiger partial charge in [0.1, 0.15) is 6.54 Å². The standard InChI is InChI=1S/C22H39N5O/c1-4-19(5-2)21-14-20(28-25-21)15-24-22(23-6-3)27-13-10-18(17-27)16-26-11-8-7-9-12-26/h14,18-19H,4-13,15-17H2,1-3H3,(H,23,24). The highest BCUT2D eigenvalue weighted by atomic mass is 16.5. The minimum Gasteiger partial charge on any atom is -0.359 e. The summed E-state index contributed by atoms with van der Waals surface area (Å²) in [4.78, 5) is 9.94. The van der Waals surface area contributed by atoms with E-state index in [9.17, 15) is 0 Å². The molecular weight excluding hydrogens is 350 g/mol. The summed E-state index contributed by atoms with van der Waals surface area (Å²) in [7, 11) is 0. The van der Waals surface area contributed by atoms with Crippen molar-refractivity contribution in [3.05, 3.63) is 17.5 Å². The summed E-state index contributed by atoms with van der Waals surface area (Å²) in [5, 5.41) is 7.74. The Morgan fingerprint density at radius 1 is 1.21 bits per heavy atom. The molecule has 0 spiro atoms. The Hall–Kier alpha value is -1.56. The molecule has 6 nitrogen and oxygen atoms in total. The van der Waals surface area contributed by atoms with Crippen LogP contribution in [0, 0.1) is 5.92 Å². The number of aliphatic imine (C=N–C) groups is 1. The van der Waals surface area contributed by atoms with Crippen LogP contribution < -0.4 is 5.32 Å². The van der Waals surface area contributed by atoms with Gasteiger partial charge in [-0.15, -0.1) is 0 Å². The van der Waals surface area contributed by atoms with E-state index in [1.807, 2.05) is 0 Å². The number of hydrogen-bond donors (Lipinski definition) is 1. The smallest absolute Gasteiger partial charge is 0.194 e. The Balaban J connectivity index is 1.55. The molecule has 1 N–H and O–H groups in total. The van der Waals surface area contributed by atoms with Gasteiger partial charge in [0.15, 0.2) is 11.7 Å². The van der Waals surface area contributed by atoms with Crippen LogP contribution in [0.5, 0.6) is 0 Å². The van der Waals surface area contributed by atoms with Crippen LogP contribution in [0.3, 0.4) is 0 Å². The maximum absolute atomic E-state index is 5.55. The summed E-state index contributed by atoms with van der Waals surface area (Å²) >= 11 is 0. The van der Waals surface area contributed by atoms with Gasteiger partial charge in [0.2, 0.25) is 0 Å². The highest BCUT2D eigenvalue weighted by Gasteiger charge is 2.27. The van der Waals surface area contributed by atoms with Crippen molar-refractivity contribution >= 4 is 5.96 Å². The molecule has 6 heteroatoms. The second-order valence-corrected chi connectivity index (χ2v) is 8.36. The first kappa shape index (κ1) is 21.2. The lowest BCUT2D eigenvalue weighted by Gasteiger charge is -2.29. The predicted molar refractivity (Wildman–Crippen MR) is 115 cm³/mol. The Bertz CT molecular complexity index is 604. The Morgan fingerprint density at radius 3 is 2.71 bits per heavy atom. The molecule has 0 aromatic carbocycles. The monoisotopic (exact) mass is 389 g/mol. The highest BCUT2D eigenvalue weighted by molar-refractivity contribution is 5.80. The maximum Gasteiger partial charge on any atom is 0.194 e. The van der Waals surface area contributed by atoms with Gasteiger partial charge in [0.05, 0.1) is 5.69 Å². The van der Waals surface area contributed by atoms with Crippen molar-refractivity contribution in [2.45, 2.75) is 71.8 Å². The van der Waals surface area contributed by atoms with E-state index in [-0.39, 0.29) is 0 Å². The quantitative estimate of drug-likeness (QED) is 0.541. The summed E-state index contributed by atoms with van der Waals surface area (Å²) in [6, 6.07) is 2.09. The third-order valence-corrected chi connectivity index (χ3v) is 6.25. The van der Waals surface area contributed by atoms with Crippen LogP contribution in [0.2, 0.25) is 0 Å². The first-order valence-electron chi connectivity index (χ1n) is 11.4. The molecular formula is C22H39N5O. The fourth-order valence-corrected chi connectivity index (χ4v) is 4.56. The van der Waals surface area contributed by atoms with Crippen LogP contribution in [-0.2, 0) is 6.54 Å². The zero-order valence-electron chi connectivity index (χ0n) is 18.1. The molecule has 3 rings (SSSR count). The van der Waals surface area contributed by atoms with Crippen molar-refractivity contribution in [3.63, 3.8) is 0 Å². The third kappa shape index (κ3) is 5.72. The largest absolute Gasteiger partial charge is 0.359 e. The van der Waals surface area contributed by atoms with Crippen LogP contribution in [0.4, 0.5) is 0 Å². The van der Waals surface area contributed by atoms with Gasteiger partial charge in [0.25, 0.3) is 0 Å². The predicted octanol–water partition coefficient (Wildman–Crippen LogP) is 3.85. The van der Waals surface area contributed by atoms with Crippen LogP contribution >= 0.6 is 0 Å². The first-order chi connectivity index (χ1) is 13.7. The van der Waals surface area contributed by atoms with E-state index in [4.69, 9.17) is 9.52 Å². The molecule has 1 unspecified atom stereocenters. The van der Waals surface area contributed by atoms with E-state index in [0.717, 1.165) is 55.8 Å². The maximum atomic E-state index is 5.55. The summed E-state index contributed by atoms with van der Waals surface area (Å²) < 4.78 is 5.55. The molecule has 2 aliphatic rings. The van der Waals surface area contributed by atoms with E-state index in [0.29, 0.717) is 12.5 Å². The average molecular weight is 390 g/mol. The molecule has 1 atom stereocenters. The molecule has 2 aliphatic heterocycles. The van der Waals surface area contributed by atoms with Crippen molar-refractivity contribution in [3.8, 4) is 0 Å². The summed E-state index contributed by atoms with van der Waals surface area (Å²) in [6.45, 7) is 14.0. The molecule has 2 fully saturated rings. The van der Waals surface area contributed by atoms with E-state index in [1.165, 1.54) is 45.3 Å². The minimum absolute atomic E-state index is 0.490. The van der Waals surface area contributed by atoms with Crippen molar-refractivity contribution in [2.24, 2.45) is 10.9 Å². The van der Waals surface area contributed by atoms with Crippen molar-refractivity contribution in [1.82, 2.24) is 20.3 Å². The number of piperidine rings is 1. The van der Waals surface area contributed by atoms with E-state index in [2.05, 4.69) is 47.1 Å². The van der Waals surface area contributed by atoms with Crippen molar-refractivity contribution < 1.29 is 4.52 Å². The molecule has 2 saturated heterocycles. The van der Waals surface area contributed by atoms with Crippen molar-refractivity contribution in [1.29, 1.82) is 0 Å². The molecule has 158 valence electrons. The van der Waals surface area contributed by atoms with Crippen LogP contribution in [-0.4, -0.2) is 60.2 Å². The second kappa shape index (κ2) is 10.8. The summed E-state index contributed by atoms with van der Waals surface area (Å²) in [5.74, 6) is 3.13. The SMILES string of the molecule is CCNC(=NCc1cc(C(CC)CC)no1)N1CCC(CN2CCCCC2)C1. The second-order valence-electron chi connectivity index (χ2n) is 8.36. The molecule has 0 bridgehead atoms. The first-order valence-corrected chi connectivity index (χ1v) is 11.4. The Labute approximate surface area is 170 Å². The fraction of sp³-hybridized carbons (Fsp3) is 0.818. The fourth-order valence-electron chi connectivity index (χ4n) is 4.56. The van der Waals surface area contributed by atoms with Gasteiger partial charge in [-0.05, 0) is 58.0 Å². The van der Waals surface area contributed by atoms with Gasteiger partial charge in [-0.2, -0.15) is 0 Å². The molecule has 3 heterocycles. The van der Waals surface area contributed by atoms with Gasteiger partial charge in [0, 0.05) is 38.2 Å². The lowest BCUT2D eigenvalue weighted by molar-refractivity contribution is 0.198. The number of nitrogens with one attached hydrogen (secondary N) is 1.